The van der Waals surface area contributed by atoms with Gasteiger partial charge >= 0.3 is 0 Å². The summed E-state index contributed by atoms with van der Waals surface area (Å²) in [6, 6.07) is 5.78. The van der Waals surface area contributed by atoms with E-state index in [9.17, 15) is 4.79 Å². The fraction of sp³-hybridized carbons (Fsp3) is 0.278. The molecule has 0 aromatic heterocycles. The van der Waals surface area contributed by atoms with Gasteiger partial charge < -0.3 is 9.47 Å². The Balaban J connectivity index is 2.22. The summed E-state index contributed by atoms with van der Waals surface area (Å²) in [4.78, 5) is 13.2. The molecule has 5 heteroatoms. The molecule has 0 saturated carbocycles. The maximum Gasteiger partial charge on any atom is 0.194 e. The summed E-state index contributed by atoms with van der Waals surface area (Å²) in [6.07, 6.45) is 0. The van der Waals surface area contributed by atoms with Crippen LogP contribution in [0.25, 0.3) is 0 Å². The Hall–Kier alpha value is -1.08. The van der Waals surface area contributed by atoms with Gasteiger partial charge in [0.05, 0.1) is 0 Å². The third-order valence-electron chi connectivity index (χ3n) is 4.18. The molecule has 3 rings (SSSR count). The molecule has 1 heterocycles. The lowest BCUT2D eigenvalue weighted by atomic mass is 9.90. The number of ketones is 1. The highest BCUT2D eigenvalue weighted by Crippen LogP contribution is 2.42. The number of ether oxygens (including phenoxy) is 2. The zero-order chi connectivity index (χ0) is 16.7. The molecule has 2 aromatic carbocycles. The van der Waals surface area contributed by atoms with Crippen molar-refractivity contribution in [3.63, 3.8) is 0 Å². The molecule has 3 nitrogen and oxygen atoms in total. The first-order chi connectivity index (χ1) is 10.9. The SMILES string of the molecule is Cc1c(C)c(C(=O)c2cc(I)ccc2Br)c(C)c2c1OCCO2. The zero-order valence-corrected chi connectivity index (χ0v) is 16.9. The van der Waals surface area contributed by atoms with E-state index in [1.165, 1.54) is 0 Å². The van der Waals surface area contributed by atoms with Crippen LogP contribution in [0.4, 0.5) is 0 Å². The van der Waals surface area contributed by atoms with Crippen LogP contribution in [0, 0.1) is 24.3 Å². The fourth-order valence-electron chi connectivity index (χ4n) is 2.87. The summed E-state index contributed by atoms with van der Waals surface area (Å²) in [5.41, 5.74) is 4.13. The van der Waals surface area contributed by atoms with Crippen molar-refractivity contribution >= 4 is 44.3 Å². The number of hydrogen-bond acceptors (Lipinski definition) is 3. The number of rotatable bonds is 2. The number of carbonyl (C=O) groups is 1. The molecule has 2 aromatic rings. The summed E-state index contributed by atoms with van der Waals surface area (Å²) < 4.78 is 13.4. The molecule has 0 aliphatic carbocycles. The monoisotopic (exact) mass is 486 g/mol. The van der Waals surface area contributed by atoms with Gasteiger partial charge in [-0.25, -0.2) is 0 Å². The first kappa shape index (κ1) is 16.8. The molecular weight excluding hydrogens is 471 g/mol. The van der Waals surface area contributed by atoms with E-state index in [0.717, 1.165) is 30.5 Å². The van der Waals surface area contributed by atoms with Crippen molar-refractivity contribution in [1.82, 2.24) is 0 Å². The maximum absolute atomic E-state index is 13.2. The summed E-state index contributed by atoms with van der Waals surface area (Å²) in [5, 5.41) is 0. The molecule has 0 radical (unpaired) electrons. The molecule has 1 aliphatic heterocycles. The highest BCUT2D eigenvalue weighted by molar-refractivity contribution is 14.1. The van der Waals surface area contributed by atoms with E-state index in [0.29, 0.717) is 30.1 Å². The zero-order valence-electron chi connectivity index (χ0n) is 13.1. The number of hydrogen-bond donors (Lipinski definition) is 0. The Morgan fingerprint density at radius 3 is 2.30 bits per heavy atom. The highest BCUT2D eigenvalue weighted by Gasteiger charge is 2.27. The molecule has 0 atom stereocenters. The van der Waals surface area contributed by atoms with Gasteiger partial charge in [-0.3, -0.25) is 4.79 Å². The lowest BCUT2D eigenvalue weighted by Crippen LogP contribution is -2.20. The molecular formula is C18H16BrIO3. The second kappa shape index (κ2) is 6.43. The molecule has 120 valence electrons. The minimum absolute atomic E-state index is 0.00506. The van der Waals surface area contributed by atoms with Gasteiger partial charge in [-0.05, 0) is 72.7 Å². The van der Waals surface area contributed by atoms with E-state index < -0.39 is 0 Å². The van der Waals surface area contributed by atoms with Crippen molar-refractivity contribution in [2.45, 2.75) is 20.8 Å². The minimum atomic E-state index is 0.00506. The van der Waals surface area contributed by atoms with Crippen molar-refractivity contribution in [3.8, 4) is 11.5 Å². The maximum atomic E-state index is 13.2. The van der Waals surface area contributed by atoms with Crippen LogP contribution in [0.1, 0.15) is 32.6 Å². The summed E-state index contributed by atoms with van der Waals surface area (Å²) in [5.74, 6) is 1.47. The van der Waals surface area contributed by atoms with Crippen LogP contribution in [-0.4, -0.2) is 19.0 Å². The normalized spacial score (nSPS) is 13.1. The Bertz CT molecular complexity index is 815. The van der Waals surface area contributed by atoms with Gasteiger partial charge in [0.1, 0.15) is 13.2 Å². The average Bonchev–Trinajstić information content (AvgIpc) is 2.55. The van der Waals surface area contributed by atoms with Gasteiger partial charge in [0.25, 0.3) is 0 Å². The molecule has 0 fully saturated rings. The predicted molar refractivity (Wildman–Crippen MR) is 102 cm³/mol. The average molecular weight is 487 g/mol. The van der Waals surface area contributed by atoms with Gasteiger partial charge in [0.2, 0.25) is 0 Å². The van der Waals surface area contributed by atoms with E-state index in [1.54, 1.807) is 0 Å². The quantitative estimate of drug-likeness (QED) is 0.443. The van der Waals surface area contributed by atoms with E-state index in [4.69, 9.17) is 9.47 Å². The summed E-state index contributed by atoms with van der Waals surface area (Å²) >= 11 is 5.71. The summed E-state index contributed by atoms with van der Waals surface area (Å²) in [6.45, 7) is 6.92. The van der Waals surface area contributed by atoms with E-state index in [2.05, 4.69) is 38.5 Å². The third-order valence-corrected chi connectivity index (χ3v) is 5.54. The van der Waals surface area contributed by atoms with Gasteiger partial charge in [0, 0.05) is 24.7 Å². The van der Waals surface area contributed by atoms with Gasteiger partial charge in [-0.15, -0.1) is 0 Å². The first-order valence-electron chi connectivity index (χ1n) is 7.31. The van der Waals surface area contributed by atoms with Crippen molar-refractivity contribution < 1.29 is 14.3 Å². The molecule has 0 bridgehead atoms. The minimum Gasteiger partial charge on any atom is -0.486 e. The van der Waals surface area contributed by atoms with Crippen LogP contribution in [-0.2, 0) is 0 Å². The molecule has 0 saturated heterocycles. The molecule has 0 spiro atoms. The van der Waals surface area contributed by atoms with Crippen LogP contribution in [0.15, 0.2) is 22.7 Å². The van der Waals surface area contributed by atoms with Gasteiger partial charge in [0.15, 0.2) is 17.3 Å². The summed E-state index contributed by atoms with van der Waals surface area (Å²) in [7, 11) is 0. The highest BCUT2D eigenvalue weighted by atomic mass is 127. The molecule has 0 unspecified atom stereocenters. The Kier molecular flexibility index (Phi) is 4.69. The molecule has 0 amide bonds. The van der Waals surface area contributed by atoms with E-state index in [-0.39, 0.29) is 5.78 Å². The lowest BCUT2D eigenvalue weighted by Gasteiger charge is -2.25. The van der Waals surface area contributed by atoms with Crippen LogP contribution < -0.4 is 9.47 Å². The number of halogens is 2. The van der Waals surface area contributed by atoms with Gasteiger partial charge in [-0.2, -0.15) is 0 Å². The largest absolute Gasteiger partial charge is 0.486 e. The molecule has 23 heavy (non-hydrogen) atoms. The van der Waals surface area contributed by atoms with Crippen LogP contribution in [0.3, 0.4) is 0 Å². The van der Waals surface area contributed by atoms with Crippen LogP contribution in [0.2, 0.25) is 0 Å². The second-order valence-electron chi connectivity index (χ2n) is 5.56. The smallest absolute Gasteiger partial charge is 0.194 e. The third kappa shape index (κ3) is 2.89. The topological polar surface area (TPSA) is 35.5 Å². The van der Waals surface area contributed by atoms with Crippen LogP contribution in [0.5, 0.6) is 11.5 Å². The fourth-order valence-corrected chi connectivity index (χ4v) is 3.79. The van der Waals surface area contributed by atoms with Crippen molar-refractivity contribution in [1.29, 1.82) is 0 Å². The Labute approximate surface area is 157 Å². The second-order valence-corrected chi connectivity index (χ2v) is 7.66. The van der Waals surface area contributed by atoms with E-state index >= 15 is 0 Å². The number of benzene rings is 2. The Morgan fingerprint density at radius 2 is 1.65 bits per heavy atom. The molecule has 0 N–H and O–H groups in total. The standard InChI is InChI=1S/C18H16BrIO3/c1-9-10(2)17-18(23-7-6-22-17)11(3)15(9)16(21)13-8-12(20)4-5-14(13)19/h4-5,8H,6-7H2,1-3H3. The van der Waals surface area contributed by atoms with E-state index in [1.807, 2.05) is 39.0 Å². The van der Waals surface area contributed by atoms with Gasteiger partial charge in [-0.1, -0.05) is 15.9 Å². The molecule has 1 aliphatic rings. The first-order valence-corrected chi connectivity index (χ1v) is 9.18. The number of carbonyl (C=O) groups excluding carboxylic acids is 1. The van der Waals surface area contributed by atoms with Crippen LogP contribution >= 0.6 is 38.5 Å². The van der Waals surface area contributed by atoms with Crippen molar-refractivity contribution in [3.05, 3.63) is 54.1 Å². The van der Waals surface area contributed by atoms with Crippen molar-refractivity contribution in [2.75, 3.05) is 13.2 Å². The lowest BCUT2D eigenvalue weighted by molar-refractivity contribution is 0.103. The number of fused-ring (bicyclic) bond motifs is 1. The predicted octanol–water partition coefficient (Wildman–Crippen LogP) is 4.98. The Morgan fingerprint density at radius 1 is 1.04 bits per heavy atom. The van der Waals surface area contributed by atoms with Crippen molar-refractivity contribution in [2.24, 2.45) is 0 Å².